The molecule has 0 amide bonds. The van der Waals surface area contributed by atoms with Crippen molar-refractivity contribution in [3.05, 3.63) is 101 Å². The molecule has 0 fully saturated rings. The molecule has 0 saturated heterocycles. The average Bonchev–Trinajstić information content (AvgIpc) is 2.67. The van der Waals surface area contributed by atoms with Crippen molar-refractivity contribution < 1.29 is 0 Å². The van der Waals surface area contributed by atoms with Crippen molar-refractivity contribution in [2.45, 2.75) is 13.8 Å². The van der Waals surface area contributed by atoms with Crippen molar-refractivity contribution in [2.75, 3.05) is 5.32 Å². The number of hydrogen-bond acceptors (Lipinski definition) is 2. The zero-order valence-electron chi connectivity index (χ0n) is 14.9. The van der Waals surface area contributed by atoms with E-state index >= 15 is 0 Å². The fourth-order valence-electron chi connectivity index (χ4n) is 2.75. The molecule has 0 unspecified atom stereocenters. The number of anilines is 1. The van der Waals surface area contributed by atoms with Gasteiger partial charge in [-0.05, 0) is 37.2 Å². The number of rotatable bonds is 4. The largest absolute Gasteiger partial charge is 0.331 e. The SMILES string of the molecule is Cc1cccc(C)c1NC(=S)NN=C(c1ccccc1)c1ccccc1. The van der Waals surface area contributed by atoms with Gasteiger partial charge in [0.2, 0.25) is 0 Å². The maximum absolute atomic E-state index is 5.44. The van der Waals surface area contributed by atoms with Gasteiger partial charge in [-0.25, -0.2) is 0 Å². The second-order valence-corrected chi connectivity index (χ2v) is 6.43. The van der Waals surface area contributed by atoms with E-state index in [2.05, 4.69) is 41.8 Å². The van der Waals surface area contributed by atoms with E-state index in [0.29, 0.717) is 5.11 Å². The third-order valence-corrected chi connectivity index (χ3v) is 4.28. The number of aryl methyl sites for hydroxylation is 2. The molecular formula is C22H21N3S. The Morgan fingerprint density at radius 3 is 1.73 bits per heavy atom. The maximum Gasteiger partial charge on any atom is 0.191 e. The van der Waals surface area contributed by atoms with Gasteiger partial charge in [-0.1, -0.05) is 78.9 Å². The van der Waals surface area contributed by atoms with Crippen LogP contribution in [0.15, 0.2) is 84.0 Å². The first-order chi connectivity index (χ1) is 12.6. The Morgan fingerprint density at radius 2 is 1.23 bits per heavy atom. The van der Waals surface area contributed by atoms with Crippen LogP contribution in [0.1, 0.15) is 22.3 Å². The topological polar surface area (TPSA) is 36.4 Å². The summed E-state index contributed by atoms with van der Waals surface area (Å²) in [6.07, 6.45) is 0. The molecular weight excluding hydrogens is 338 g/mol. The molecule has 0 aromatic heterocycles. The highest BCUT2D eigenvalue weighted by atomic mass is 32.1. The van der Waals surface area contributed by atoms with E-state index in [9.17, 15) is 0 Å². The van der Waals surface area contributed by atoms with Gasteiger partial charge in [0.25, 0.3) is 0 Å². The number of para-hydroxylation sites is 1. The fraction of sp³-hybridized carbons (Fsp3) is 0.0909. The van der Waals surface area contributed by atoms with E-state index in [-0.39, 0.29) is 0 Å². The van der Waals surface area contributed by atoms with E-state index in [1.807, 2.05) is 66.7 Å². The number of thiocarbonyl (C=S) groups is 1. The summed E-state index contributed by atoms with van der Waals surface area (Å²) < 4.78 is 0. The van der Waals surface area contributed by atoms with Gasteiger partial charge in [0.1, 0.15) is 0 Å². The van der Waals surface area contributed by atoms with E-state index in [0.717, 1.165) is 33.7 Å². The molecule has 0 atom stereocenters. The minimum atomic E-state index is 0.465. The quantitative estimate of drug-likeness (QED) is 0.389. The molecule has 2 N–H and O–H groups in total. The molecule has 0 heterocycles. The van der Waals surface area contributed by atoms with Crippen molar-refractivity contribution in [3.63, 3.8) is 0 Å². The fourth-order valence-corrected chi connectivity index (χ4v) is 2.90. The lowest BCUT2D eigenvalue weighted by atomic mass is 10.0. The highest BCUT2D eigenvalue weighted by Crippen LogP contribution is 2.19. The van der Waals surface area contributed by atoms with Crippen molar-refractivity contribution >= 4 is 28.7 Å². The van der Waals surface area contributed by atoms with Crippen LogP contribution in [0.3, 0.4) is 0 Å². The molecule has 0 aliphatic carbocycles. The first-order valence-corrected chi connectivity index (χ1v) is 8.87. The lowest BCUT2D eigenvalue weighted by Crippen LogP contribution is -2.26. The summed E-state index contributed by atoms with van der Waals surface area (Å²) in [5.74, 6) is 0. The zero-order chi connectivity index (χ0) is 18.4. The molecule has 0 aliphatic heterocycles. The molecule has 0 radical (unpaired) electrons. The monoisotopic (exact) mass is 359 g/mol. The van der Waals surface area contributed by atoms with Crippen LogP contribution in [-0.2, 0) is 0 Å². The summed E-state index contributed by atoms with van der Waals surface area (Å²) in [7, 11) is 0. The van der Waals surface area contributed by atoms with E-state index in [1.165, 1.54) is 0 Å². The minimum Gasteiger partial charge on any atom is -0.331 e. The summed E-state index contributed by atoms with van der Waals surface area (Å²) in [5, 5.41) is 8.30. The molecule has 0 saturated carbocycles. The Balaban J connectivity index is 1.84. The smallest absolute Gasteiger partial charge is 0.191 e. The predicted octanol–water partition coefficient (Wildman–Crippen LogP) is 5.04. The van der Waals surface area contributed by atoms with Crippen LogP contribution < -0.4 is 10.7 Å². The summed E-state index contributed by atoms with van der Waals surface area (Å²) in [6, 6.07) is 26.3. The van der Waals surface area contributed by atoms with Gasteiger partial charge < -0.3 is 5.32 Å². The Morgan fingerprint density at radius 1 is 0.731 bits per heavy atom. The molecule has 0 bridgehead atoms. The lowest BCUT2D eigenvalue weighted by molar-refractivity contribution is 1.04. The van der Waals surface area contributed by atoms with Crippen LogP contribution in [0.2, 0.25) is 0 Å². The number of benzene rings is 3. The molecule has 3 nitrogen and oxygen atoms in total. The van der Waals surface area contributed by atoms with Gasteiger partial charge in [-0.15, -0.1) is 0 Å². The highest BCUT2D eigenvalue weighted by molar-refractivity contribution is 7.80. The van der Waals surface area contributed by atoms with Crippen molar-refractivity contribution in [1.29, 1.82) is 0 Å². The van der Waals surface area contributed by atoms with Gasteiger partial charge >= 0.3 is 0 Å². The first-order valence-electron chi connectivity index (χ1n) is 8.47. The molecule has 3 rings (SSSR count). The van der Waals surface area contributed by atoms with Crippen LogP contribution in [-0.4, -0.2) is 10.8 Å². The van der Waals surface area contributed by atoms with Crippen LogP contribution in [0.5, 0.6) is 0 Å². The summed E-state index contributed by atoms with van der Waals surface area (Å²) in [4.78, 5) is 0. The van der Waals surface area contributed by atoms with Gasteiger partial charge in [0.15, 0.2) is 5.11 Å². The Hall–Kier alpha value is -2.98. The second-order valence-electron chi connectivity index (χ2n) is 6.03. The summed E-state index contributed by atoms with van der Waals surface area (Å²) in [6.45, 7) is 4.11. The van der Waals surface area contributed by atoms with Crippen LogP contribution >= 0.6 is 12.2 Å². The molecule has 26 heavy (non-hydrogen) atoms. The average molecular weight is 359 g/mol. The molecule has 130 valence electrons. The highest BCUT2D eigenvalue weighted by Gasteiger charge is 2.08. The third kappa shape index (κ3) is 4.35. The molecule has 3 aromatic carbocycles. The lowest BCUT2D eigenvalue weighted by Gasteiger charge is -2.14. The predicted molar refractivity (Wildman–Crippen MR) is 114 cm³/mol. The molecule has 3 aromatic rings. The van der Waals surface area contributed by atoms with Gasteiger partial charge in [-0.2, -0.15) is 5.10 Å². The molecule has 0 aliphatic rings. The van der Waals surface area contributed by atoms with Gasteiger partial charge in [-0.3, -0.25) is 5.43 Å². The molecule has 4 heteroatoms. The van der Waals surface area contributed by atoms with Gasteiger partial charge in [0, 0.05) is 16.8 Å². The third-order valence-electron chi connectivity index (χ3n) is 4.08. The Labute approximate surface area is 159 Å². The standard InChI is InChI=1S/C22H21N3S/c1-16-10-9-11-17(2)20(16)23-22(26)25-24-21(18-12-5-3-6-13-18)19-14-7-4-8-15-19/h3-15H,1-2H3,(H2,23,25,26). The number of hydrazone groups is 1. The van der Waals surface area contributed by atoms with Crippen molar-refractivity contribution in [2.24, 2.45) is 5.10 Å². The van der Waals surface area contributed by atoms with E-state index in [4.69, 9.17) is 12.2 Å². The Kier molecular flexibility index (Phi) is 5.77. The van der Waals surface area contributed by atoms with Crippen LogP contribution in [0.25, 0.3) is 0 Å². The van der Waals surface area contributed by atoms with Crippen LogP contribution in [0, 0.1) is 13.8 Å². The normalized spacial score (nSPS) is 10.1. The second kappa shape index (κ2) is 8.41. The van der Waals surface area contributed by atoms with Crippen molar-refractivity contribution in [1.82, 2.24) is 5.43 Å². The van der Waals surface area contributed by atoms with Crippen LogP contribution in [0.4, 0.5) is 5.69 Å². The first kappa shape index (κ1) is 17.8. The maximum atomic E-state index is 5.44. The zero-order valence-corrected chi connectivity index (χ0v) is 15.7. The summed E-state index contributed by atoms with van der Waals surface area (Å²) >= 11 is 5.44. The molecule has 0 spiro atoms. The number of nitrogens with one attached hydrogen (secondary N) is 2. The summed E-state index contributed by atoms with van der Waals surface area (Å²) in [5.41, 5.74) is 9.19. The Bertz CT molecular complexity index is 857. The van der Waals surface area contributed by atoms with E-state index < -0.39 is 0 Å². The minimum absolute atomic E-state index is 0.465. The van der Waals surface area contributed by atoms with E-state index in [1.54, 1.807) is 0 Å². The number of hydrogen-bond donors (Lipinski definition) is 2. The van der Waals surface area contributed by atoms with Gasteiger partial charge in [0.05, 0.1) is 5.71 Å². The number of nitrogens with zero attached hydrogens (tertiary/aromatic N) is 1. The van der Waals surface area contributed by atoms with Crippen molar-refractivity contribution in [3.8, 4) is 0 Å².